The molecule has 158 valence electrons. The smallest absolute Gasteiger partial charge is 0.230 e. The highest BCUT2D eigenvalue weighted by atomic mass is 127. The quantitative estimate of drug-likeness (QED) is 0.294. The molecule has 2 aliphatic rings. The SMILES string of the molecule is CCNC(=NCC1(CCOC)CCC1)NCC1(C(=O)N(C)C)CCCC1.I. The lowest BCUT2D eigenvalue weighted by Crippen LogP contribution is -2.49. The Hall–Kier alpha value is -0.570. The number of ether oxygens (including phenoxy) is 1. The van der Waals surface area contributed by atoms with Gasteiger partial charge in [0, 0.05) is 47.4 Å². The number of nitrogens with one attached hydrogen (secondary N) is 2. The van der Waals surface area contributed by atoms with Crippen LogP contribution in [0.3, 0.4) is 0 Å². The monoisotopic (exact) mass is 494 g/mol. The number of amides is 1. The van der Waals surface area contributed by atoms with E-state index in [9.17, 15) is 4.79 Å². The molecule has 7 heteroatoms. The van der Waals surface area contributed by atoms with Gasteiger partial charge in [-0.05, 0) is 44.4 Å². The van der Waals surface area contributed by atoms with Crippen LogP contribution >= 0.6 is 24.0 Å². The van der Waals surface area contributed by atoms with Gasteiger partial charge in [-0.25, -0.2) is 0 Å². The van der Waals surface area contributed by atoms with Crippen molar-refractivity contribution in [2.75, 3.05) is 47.4 Å². The molecule has 0 saturated heterocycles. The first-order valence-electron chi connectivity index (χ1n) is 10.2. The summed E-state index contributed by atoms with van der Waals surface area (Å²) < 4.78 is 5.28. The number of guanidine groups is 1. The number of rotatable bonds is 9. The van der Waals surface area contributed by atoms with Crippen molar-refractivity contribution >= 4 is 35.8 Å². The van der Waals surface area contributed by atoms with Crippen LogP contribution in [0, 0.1) is 10.8 Å². The first-order chi connectivity index (χ1) is 12.5. The molecule has 0 heterocycles. The molecule has 2 rings (SSSR count). The lowest BCUT2D eigenvalue weighted by atomic mass is 9.67. The van der Waals surface area contributed by atoms with E-state index in [1.165, 1.54) is 19.3 Å². The average Bonchev–Trinajstić information content (AvgIpc) is 3.07. The van der Waals surface area contributed by atoms with Crippen molar-refractivity contribution in [3.63, 3.8) is 0 Å². The summed E-state index contributed by atoms with van der Waals surface area (Å²) in [5.41, 5.74) is 0.0345. The molecule has 6 nitrogen and oxygen atoms in total. The molecular formula is C20H39IN4O2. The van der Waals surface area contributed by atoms with E-state index < -0.39 is 0 Å². The maximum absolute atomic E-state index is 12.7. The van der Waals surface area contributed by atoms with Gasteiger partial charge in [-0.1, -0.05) is 19.3 Å². The first-order valence-corrected chi connectivity index (χ1v) is 10.2. The fourth-order valence-electron chi connectivity index (χ4n) is 4.32. The molecule has 2 saturated carbocycles. The minimum Gasteiger partial charge on any atom is -0.385 e. The number of halogens is 1. The predicted molar refractivity (Wildman–Crippen MR) is 122 cm³/mol. The molecular weight excluding hydrogens is 455 g/mol. The third kappa shape index (κ3) is 6.48. The van der Waals surface area contributed by atoms with Crippen molar-refractivity contribution in [1.29, 1.82) is 0 Å². The largest absolute Gasteiger partial charge is 0.385 e. The third-order valence-corrected chi connectivity index (χ3v) is 6.18. The number of nitrogens with zero attached hydrogens (tertiary/aromatic N) is 2. The summed E-state index contributed by atoms with van der Waals surface area (Å²) in [6, 6.07) is 0. The van der Waals surface area contributed by atoms with E-state index in [4.69, 9.17) is 9.73 Å². The molecule has 0 spiro atoms. The second kappa shape index (κ2) is 11.4. The standard InChI is InChI=1S/C20H38N4O2.HI/c1-5-21-18(22-15-19(9-8-10-19)13-14-26-4)23-16-20(11-6-7-12-20)17(25)24(2)3;/h5-16H2,1-4H3,(H2,21,22,23);1H. The van der Waals surface area contributed by atoms with Crippen molar-refractivity contribution in [1.82, 2.24) is 15.5 Å². The fraction of sp³-hybridized carbons (Fsp3) is 0.900. The topological polar surface area (TPSA) is 66.0 Å². The molecule has 0 atom stereocenters. The summed E-state index contributed by atoms with van der Waals surface area (Å²) >= 11 is 0. The van der Waals surface area contributed by atoms with Crippen LogP contribution in [0.4, 0.5) is 0 Å². The number of carbonyl (C=O) groups excluding carboxylic acids is 1. The Morgan fingerprint density at radius 2 is 1.78 bits per heavy atom. The molecule has 0 unspecified atom stereocenters. The van der Waals surface area contributed by atoms with Crippen LogP contribution in [0.5, 0.6) is 0 Å². The van der Waals surface area contributed by atoms with Gasteiger partial charge in [0.2, 0.25) is 5.91 Å². The van der Waals surface area contributed by atoms with Gasteiger partial charge in [0.15, 0.2) is 5.96 Å². The van der Waals surface area contributed by atoms with E-state index in [0.29, 0.717) is 12.0 Å². The van der Waals surface area contributed by atoms with Gasteiger partial charge in [0.25, 0.3) is 0 Å². The number of hydrogen-bond donors (Lipinski definition) is 2. The van der Waals surface area contributed by atoms with Gasteiger partial charge in [-0.3, -0.25) is 9.79 Å². The fourth-order valence-corrected chi connectivity index (χ4v) is 4.32. The second-order valence-electron chi connectivity index (χ2n) is 8.33. The summed E-state index contributed by atoms with van der Waals surface area (Å²) in [5.74, 6) is 1.09. The predicted octanol–water partition coefficient (Wildman–Crippen LogP) is 3.01. The van der Waals surface area contributed by atoms with Gasteiger partial charge in [0.05, 0.1) is 5.41 Å². The molecule has 0 aliphatic heterocycles. The first kappa shape index (κ1) is 24.5. The molecule has 2 N–H and O–H groups in total. The normalized spacial score (nSPS) is 20.4. The van der Waals surface area contributed by atoms with Crippen LogP contribution in [0.1, 0.15) is 58.3 Å². The third-order valence-electron chi connectivity index (χ3n) is 6.18. The van der Waals surface area contributed by atoms with E-state index >= 15 is 0 Å². The Kier molecular flexibility index (Phi) is 10.4. The zero-order chi connectivity index (χ0) is 19.0. The Morgan fingerprint density at radius 1 is 1.11 bits per heavy atom. The Morgan fingerprint density at radius 3 is 2.26 bits per heavy atom. The lowest BCUT2D eigenvalue weighted by molar-refractivity contribution is -0.138. The van der Waals surface area contributed by atoms with Crippen LogP contribution in [0.15, 0.2) is 4.99 Å². The summed E-state index contributed by atoms with van der Waals surface area (Å²) in [7, 11) is 5.49. The summed E-state index contributed by atoms with van der Waals surface area (Å²) in [6.07, 6.45) is 9.05. The number of carbonyl (C=O) groups is 1. The highest BCUT2D eigenvalue weighted by molar-refractivity contribution is 14.0. The van der Waals surface area contributed by atoms with Gasteiger partial charge in [-0.15, -0.1) is 24.0 Å². The van der Waals surface area contributed by atoms with Crippen molar-refractivity contribution in [2.24, 2.45) is 15.8 Å². The highest BCUT2D eigenvalue weighted by Gasteiger charge is 2.42. The Balaban J connectivity index is 0.00000364. The highest BCUT2D eigenvalue weighted by Crippen LogP contribution is 2.44. The molecule has 1 amide bonds. The maximum atomic E-state index is 12.7. The van der Waals surface area contributed by atoms with E-state index in [1.807, 2.05) is 14.1 Å². The second-order valence-corrected chi connectivity index (χ2v) is 8.33. The minimum absolute atomic E-state index is 0. The minimum atomic E-state index is -0.274. The van der Waals surface area contributed by atoms with E-state index in [0.717, 1.165) is 57.8 Å². The number of aliphatic imine (C=N–C) groups is 1. The van der Waals surface area contributed by atoms with Crippen molar-refractivity contribution < 1.29 is 9.53 Å². The van der Waals surface area contributed by atoms with Crippen molar-refractivity contribution in [2.45, 2.75) is 58.3 Å². The average molecular weight is 494 g/mol. The zero-order valence-corrected chi connectivity index (χ0v) is 19.9. The molecule has 2 fully saturated rings. The van der Waals surface area contributed by atoms with E-state index in [2.05, 4.69) is 17.6 Å². The molecule has 0 aromatic carbocycles. The molecule has 0 aromatic rings. The van der Waals surface area contributed by atoms with Gasteiger partial charge >= 0.3 is 0 Å². The van der Waals surface area contributed by atoms with Crippen LogP contribution < -0.4 is 10.6 Å². The molecule has 0 bridgehead atoms. The van der Waals surface area contributed by atoms with Gasteiger partial charge in [-0.2, -0.15) is 0 Å². The Labute approximate surface area is 182 Å². The van der Waals surface area contributed by atoms with Crippen LogP contribution in [-0.4, -0.2) is 64.2 Å². The number of hydrogen-bond acceptors (Lipinski definition) is 3. The summed E-state index contributed by atoms with van der Waals surface area (Å²) in [5, 5.41) is 6.83. The molecule has 0 aromatic heterocycles. The van der Waals surface area contributed by atoms with E-state index in [1.54, 1.807) is 12.0 Å². The van der Waals surface area contributed by atoms with E-state index in [-0.39, 0.29) is 35.3 Å². The summed E-state index contributed by atoms with van der Waals surface area (Å²) in [4.78, 5) is 19.4. The molecule has 0 radical (unpaired) electrons. The van der Waals surface area contributed by atoms with Crippen LogP contribution in [0.2, 0.25) is 0 Å². The zero-order valence-electron chi connectivity index (χ0n) is 17.6. The van der Waals surface area contributed by atoms with Crippen molar-refractivity contribution in [3.8, 4) is 0 Å². The maximum Gasteiger partial charge on any atom is 0.230 e. The lowest BCUT2D eigenvalue weighted by Gasteiger charge is -2.41. The Bertz CT molecular complexity index is 486. The van der Waals surface area contributed by atoms with Gasteiger partial charge in [0.1, 0.15) is 0 Å². The molecule has 27 heavy (non-hydrogen) atoms. The van der Waals surface area contributed by atoms with Crippen molar-refractivity contribution in [3.05, 3.63) is 0 Å². The summed E-state index contributed by atoms with van der Waals surface area (Å²) in [6.45, 7) is 5.21. The molecule has 2 aliphatic carbocycles. The van der Waals surface area contributed by atoms with Gasteiger partial charge < -0.3 is 20.3 Å². The van der Waals surface area contributed by atoms with Crippen LogP contribution in [0.25, 0.3) is 0 Å². The van der Waals surface area contributed by atoms with Crippen LogP contribution in [-0.2, 0) is 9.53 Å². The number of methoxy groups -OCH3 is 1.